The fourth-order valence-electron chi connectivity index (χ4n) is 2.00. The third kappa shape index (κ3) is 3.75. The van der Waals surface area contributed by atoms with Gasteiger partial charge in [0.1, 0.15) is 5.52 Å². The van der Waals surface area contributed by atoms with Gasteiger partial charge in [-0.3, -0.25) is 4.98 Å². The van der Waals surface area contributed by atoms with Crippen LogP contribution in [-0.2, 0) is 16.1 Å². The highest BCUT2D eigenvalue weighted by Gasteiger charge is 2.15. The van der Waals surface area contributed by atoms with Gasteiger partial charge >= 0.3 is 5.97 Å². The topological polar surface area (TPSA) is 87.3 Å². The second-order valence-corrected chi connectivity index (χ2v) is 6.32. The Morgan fingerprint density at radius 1 is 1.46 bits per heavy atom. The summed E-state index contributed by atoms with van der Waals surface area (Å²) in [6.07, 6.45) is 1.64. The molecule has 2 heterocycles. The van der Waals surface area contributed by atoms with Crippen molar-refractivity contribution in [3.8, 4) is 5.75 Å². The van der Waals surface area contributed by atoms with Crippen molar-refractivity contribution >= 4 is 51.1 Å². The van der Waals surface area contributed by atoms with Crippen LogP contribution < -0.4 is 4.74 Å². The molecule has 124 valence electrons. The van der Waals surface area contributed by atoms with Crippen LogP contribution in [0.5, 0.6) is 5.75 Å². The molecule has 0 amide bonds. The first-order valence-electron chi connectivity index (χ1n) is 6.85. The lowest BCUT2D eigenvalue weighted by Crippen LogP contribution is -2.15. The van der Waals surface area contributed by atoms with Gasteiger partial charge in [0.15, 0.2) is 24.8 Å². The fraction of sp³-hybridized carbons (Fsp3) is 0.200. The largest absolute Gasteiger partial charge is 0.478 e. The zero-order valence-electron chi connectivity index (χ0n) is 12.5. The first kappa shape index (κ1) is 16.9. The number of rotatable bonds is 5. The van der Waals surface area contributed by atoms with Gasteiger partial charge in [-0.2, -0.15) is 4.98 Å². The van der Waals surface area contributed by atoms with Crippen LogP contribution in [0.15, 0.2) is 28.9 Å². The summed E-state index contributed by atoms with van der Waals surface area (Å²) in [6.45, 7) is 1.31. The molecule has 0 aliphatic heterocycles. The Kier molecular flexibility index (Phi) is 5.14. The van der Waals surface area contributed by atoms with Crippen molar-refractivity contribution in [3.63, 3.8) is 0 Å². The zero-order chi connectivity index (χ0) is 17.1. The average molecular weight is 460 g/mol. The first-order valence-corrected chi connectivity index (χ1v) is 8.30. The predicted octanol–water partition coefficient (Wildman–Crippen LogP) is 3.31. The Morgan fingerprint density at radius 2 is 2.29 bits per heavy atom. The van der Waals surface area contributed by atoms with Crippen molar-refractivity contribution in [2.45, 2.75) is 13.5 Å². The van der Waals surface area contributed by atoms with E-state index in [1.807, 2.05) is 6.07 Å². The van der Waals surface area contributed by atoms with Gasteiger partial charge < -0.3 is 14.0 Å². The van der Waals surface area contributed by atoms with E-state index in [2.05, 4.69) is 37.7 Å². The maximum absolute atomic E-state index is 11.8. The molecule has 0 N–H and O–H groups in total. The van der Waals surface area contributed by atoms with Crippen LogP contribution in [-0.4, -0.2) is 27.7 Å². The summed E-state index contributed by atoms with van der Waals surface area (Å²) in [6, 6.07) is 5.38. The molecule has 0 fully saturated rings. The SMILES string of the molecule is Cc1noc(COC(=O)COc2c(I)cc(Cl)c3cccnc23)n1. The van der Waals surface area contributed by atoms with Gasteiger partial charge in [-0.15, -0.1) is 0 Å². The van der Waals surface area contributed by atoms with Crippen molar-refractivity contribution in [1.82, 2.24) is 15.1 Å². The third-order valence-electron chi connectivity index (χ3n) is 3.01. The summed E-state index contributed by atoms with van der Waals surface area (Å²) in [4.78, 5) is 20.0. The minimum Gasteiger partial charge on any atom is -0.478 e. The molecule has 0 aliphatic rings. The molecular weight excluding hydrogens is 449 g/mol. The molecule has 0 spiro atoms. The number of hydrogen-bond acceptors (Lipinski definition) is 7. The number of fused-ring (bicyclic) bond motifs is 1. The van der Waals surface area contributed by atoms with Gasteiger partial charge in [0.05, 0.1) is 8.59 Å². The Morgan fingerprint density at radius 3 is 3.04 bits per heavy atom. The van der Waals surface area contributed by atoms with Crippen LogP contribution in [0.4, 0.5) is 0 Å². The number of ether oxygens (including phenoxy) is 2. The lowest BCUT2D eigenvalue weighted by atomic mass is 10.2. The molecule has 7 nitrogen and oxygen atoms in total. The molecule has 9 heteroatoms. The second kappa shape index (κ2) is 7.31. The van der Waals surface area contributed by atoms with E-state index < -0.39 is 5.97 Å². The lowest BCUT2D eigenvalue weighted by molar-refractivity contribution is -0.148. The van der Waals surface area contributed by atoms with Crippen LogP contribution in [0, 0.1) is 10.5 Å². The summed E-state index contributed by atoms with van der Waals surface area (Å²) in [5.41, 5.74) is 0.592. The molecule has 0 radical (unpaired) electrons. The van der Waals surface area contributed by atoms with Crippen LogP contribution in [0.2, 0.25) is 5.02 Å². The highest BCUT2D eigenvalue weighted by molar-refractivity contribution is 14.1. The number of hydrogen-bond donors (Lipinski definition) is 0. The summed E-state index contributed by atoms with van der Waals surface area (Å²) in [5, 5.41) is 4.94. The van der Waals surface area contributed by atoms with Crippen molar-refractivity contribution < 1.29 is 18.8 Å². The number of carbonyl (C=O) groups is 1. The Hall–Kier alpha value is -1.94. The Bertz CT molecular complexity index is 900. The van der Waals surface area contributed by atoms with Crippen LogP contribution >= 0.6 is 34.2 Å². The fourth-order valence-corrected chi connectivity index (χ4v) is 3.17. The van der Waals surface area contributed by atoms with Crippen molar-refractivity contribution in [2.24, 2.45) is 0 Å². The van der Waals surface area contributed by atoms with Gasteiger partial charge in [0.2, 0.25) is 0 Å². The third-order valence-corrected chi connectivity index (χ3v) is 4.13. The highest BCUT2D eigenvalue weighted by Crippen LogP contribution is 2.34. The van der Waals surface area contributed by atoms with Gasteiger partial charge in [-0.1, -0.05) is 16.8 Å². The molecule has 0 atom stereocenters. The first-order chi connectivity index (χ1) is 11.5. The summed E-state index contributed by atoms with van der Waals surface area (Å²) in [5.74, 6) is 0.640. The number of pyridine rings is 1. The molecular formula is C15H11ClIN3O4. The molecule has 3 aromatic rings. The lowest BCUT2D eigenvalue weighted by Gasteiger charge is -2.11. The van der Waals surface area contributed by atoms with Crippen molar-refractivity contribution in [2.75, 3.05) is 6.61 Å². The molecule has 0 unspecified atom stereocenters. The Balaban J connectivity index is 1.68. The number of halogens is 2. The quantitative estimate of drug-likeness (QED) is 0.427. The van der Waals surface area contributed by atoms with Gasteiger partial charge in [0, 0.05) is 11.6 Å². The Labute approximate surface area is 155 Å². The monoisotopic (exact) mass is 459 g/mol. The number of aryl methyl sites for hydroxylation is 1. The van der Waals surface area contributed by atoms with Gasteiger partial charge in [-0.25, -0.2) is 4.79 Å². The van der Waals surface area contributed by atoms with E-state index in [0.29, 0.717) is 22.1 Å². The van der Waals surface area contributed by atoms with E-state index in [1.54, 1.807) is 25.3 Å². The number of benzene rings is 1. The summed E-state index contributed by atoms with van der Waals surface area (Å²) >= 11 is 8.28. The highest BCUT2D eigenvalue weighted by atomic mass is 127. The minimum absolute atomic E-state index is 0.0975. The van der Waals surface area contributed by atoms with Crippen LogP contribution in [0.25, 0.3) is 10.9 Å². The summed E-state index contributed by atoms with van der Waals surface area (Å²) < 4.78 is 16.2. The molecule has 0 bridgehead atoms. The smallest absolute Gasteiger partial charge is 0.344 e. The second-order valence-electron chi connectivity index (χ2n) is 4.75. The normalized spacial score (nSPS) is 10.8. The van der Waals surface area contributed by atoms with E-state index in [0.717, 1.165) is 8.96 Å². The van der Waals surface area contributed by atoms with Crippen LogP contribution in [0.3, 0.4) is 0 Å². The number of nitrogens with zero attached hydrogens (tertiary/aromatic N) is 3. The molecule has 0 aliphatic carbocycles. The predicted molar refractivity (Wildman–Crippen MR) is 93.8 cm³/mol. The molecule has 2 aromatic heterocycles. The number of esters is 1. The van der Waals surface area contributed by atoms with Gasteiger partial charge in [0.25, 0.3) is 5.89 Å². The number of aromatic nitrogens is 3. The van der Waals surface area contributed by atoms with E-state index in [9.17, 15) is 4.79 Å². The van der Waals surface area contributed by atoms with Gasteiger partial charge in [-0.05, 0) is 47.7 Å². The number of carbonyl (C=O) groups excluding carboxylic acids is 1. The van der Waals surface area contributed by atoms with E-state index in [1.165, 1.54) is 0 Å². The van der Waals surface area contributed by atoms with Crippen molar-refractivity contribution in [3.05, 3.63) is 44.7 Å². The molecule has 0 saturated heterocycles. The average Bonchev–Trinajstić information content (AvgIpc) is 2.98. The van der Waals surface area contributed by atoms with E-state index >= 15 is 0 Å². The zero-order valence-corrected chi connectivity index (χ0v) is 15.4. The minimum atomic E-state index is -0.555. The maximum Gasteiger partial charge on any atom is 0.344 e. The molecule has 24 heavy (non-hydrogen) atoms. The molecule has 1 aromatic carbocycles. The van der Waals surface area contributed by atoms with E-state index in [-0.39, 0.29) is 19.1 Å². The summed E-state index contributed by atoms with van der Waals surface area (Å²) in [7, 11) is 0. The molecule has 3 rings (SSSR count). The maximum atomic E-state index is 11.8. The van der Waals surface area contributed by atoms with Crippen LogP contribution in [0.1, 0.15) is 11.7 Å². The molecule has 0 saturated carbocycles. The standard InChI is InChI=1S/C15H11ClIN3O4/c1-8-19-12(24-20-8)6-22-13(21)7-23-15-11(17)5-10(16)9-3-2-4-18-14(9)15/h2-5H,6-7H2,1H3. The van der Waals surface area contributed by atoms with E-state index in [4.69, 9.17) is 25.6 Å². The van der Waals surface area contributed by atoms with Crippen molar-refractivity contribution in [1.29, 1.82) is 0 Å².